The minimum atomic E-state index is 0.920. The van der Waals surface area contributed by atoms with Crippen molar-refractivity contribution in [2.45, 2.75) is 32.6 Å². The summed E-state index contributed by atoms with van der Waals surface area (Å²) in [5.74, 6) is 0.920. The molecule has 1 aliphatic carbocycles. The minimum Gasteiger partial charge on any atom is -0.273 e. The Balaban J connectivity index is 2.38. The van der Waals surface area contributed by atoms with Crippen LogP contribution in [0.3, 0.4) is 0 Å². The Hall–Kier alpha value is -0.850. The standard InChI is InChI=1S/C11H17N/c1-10-5-7-11(8-6-10)4-3-9-12-2/h3-4,9-10H,2,5-8H2,1H3/b9-3-,11-4?. The molecule has 1 saturated carbocycles. The highest BCUT2D eigenvalue weighted by Crippen LogP contribution is 2.27. The Bertz CT molecular complexity index is 191. The molecule has 1 fully saturated rings. The van der Waals surface area contributed by atoms with Gasteiger partial charge in [-0.1, -0.05) is 18.6 Å². The Morgan fingerprint density at radius 3 is 2.67 bits per heavy atom. The van der Waals surface area contributed by atoms with Gasteiger partial charge < -0.3 is 0 Å². The summed E-state index contributed by atoms with van der Waals surface area (Å²) in [6.07, 6.45) is 11.1. The van der Waals surface area contributed by atoms with Crippen LogP contribution < -0.4 is 0 Å². The van der Waals surface area contributed by atoms with Gasteiger partial charge in [0, 0.05) is 6.20 Å². The van der Waals surface area contributed by atoms with E-state index in [0.717, 1.165) is 5.92 Å². The maximum atomic E-state index is 3.66. The third-order valence-corrected chi connectivity index (χ3v) is 2.44. The summed E-state index contributed by atoms with van der Waals surface area (Å²) in [4.78, 5) is 3.66. The van der Waals surface area contributed by atoms with Crippen LogP contribution >= 0.6 is 0 Å². The molecule has 0 aromatic rings. The van der Waals surface area contributed by atoms with Crippen molar-refractivity contribution < 1.29 is 0 Å². The number of allylic oxidation sites excluding steroid dienone is 3. The molecule has 0 bridgehead atoms. The van der Waals surface area contributed by atoms with E-state index >= 15 is 0 Å². The van der Waals surface area contributed by atoms with Crippen LogP contribution in [0.1, 0.15) is 32.6 Å². The molecule has 66 valence electrons. The molecule has 0 atom stereocenters. The van der Waals surface area contributed by atoms with Gasteiger partial charge in [0.1, 0.15) is 0 Å². The van der Waals surface area contributed by atoms with Gasteiger partial charge in [0.2, 0.25) is 0 Å². The molecule has 12 heavy (non-hydrogen) atoms. The molecule has 1 nitrogen and oxygen atoms in total. The van der Waals surface area contributed by atoms with E-state index < -0.39 is 0 Å². The molecule has 0 saturated heterocycles. The monoisotopic (exact) mass is 163 g/mol. The third-order valence-electron chi connectivity index (χ3n) is 2.44. The predicted molar refractivity (Wildman–Crippen MR) is 54.4 cm³/mol. The molecule has 1 rings (SSSR count). The van der Waals surface area contributed by atoms with Gasteiger partial charge in [-0.15, -0.1) is 0 Å². The summed E-state index contributed by atoms with van der Waals surface area (Å²) < 4.78 is 0. The third kappa shape index (κ3) is 3.04. The van der Waals surface area contributed by atoms with E-state index in [9.17, 15) is 0 Å². The van der Waals surface area contributed by atoms with Gasteiger partial charge in [-0.25, -0.2) is 0 Å². The van der Waals surface area contributed by atoms with Crippen LogP contribution in [0.5, 0.6) is 0 Å². The number of hydrogen-bond donors (Lipinski definition) is 0. The molecule has 0 spiro atoms. The second-order valence-corrected chi connectivity index (χ2v) is 3.53. The van der Waals surface area contributed by atoms with Crippen LogP contribution in [-0.2, 0) is 0 Å². The van der Waals surface area contributed by atoms with E-state index in [2.05, 4.69) is 24.7 Å². The first-order chi connectivity index (χ1) is 5.83. The second-order valence-electron chi connectivity index (χ2n) is 3.53. The smallest absolute Gasteiger partial charge is 0.0260 e. The molecule has 0 amide bonds. The molecule has 0 aromatic heterocycles. The lowest BCUT2D eigenvalue weighted by atomic mass is 9.87. The van der Waals surface area contributed by atoms with Gasteiger partial charge in [-0.2, -0.15) is 0 Å². The fraction of sp³-hybridized carbons (Fsp3) is 0.545. The lowest BCUT2D eigenvalue weighted by molar-refractivity contribution is 0.444. The highest BCUT2D eigenvalue weighted by molar-refractivity contribution is 5.26. The molecule has 1 heteroatoms. The fourth-order valence-corrected chi connectivity index (χ4v) is 1.54. The van der Waals surface area contributed by atoms with Gasteiger partial charge in [-0.3, -0.25) is 4.99 Å². The zero-order valence-corrected chi connectivity index (χ0v) is 7.79. The van der Waals surface area contributed by atoms with Crippen molar-refractivity contribution in [3.8, 4) is 0 Å². The lowest BCUT2D eigenvalue weighted by Crippen LogP contribution is -2.03. The Kier molecular flexibility index (Phi) is 3.78. The SMILES string of the molecule is C=N/C=C\C=C1CCC(C)CC1. The van der Waals surface area contributed by atoms with Gasteiger partial charge in [0.25, 0.3) is 0 Å². The summed E-state index contributed by atoms with van der Waals surface area (Å²) >= 11 is 0. The van der Waals surface area contributed by atoms with E-state index in [0.29, 0.717) is 0 Å². The fourth-order valence-electron chi connectivity index (χ4n) is 1.54. The van der Waals surface area contributed by atoms with Crippen molar-refractivity contribution in [1.82, 2.24) is 0 Å². The average Bonchev–Trinajstić information content (AvgIpc) is 2.09. The van der Waals surface area contributed by atoms with E-state index in [1.54, 1.807) is 11.8 Å². The van der Waals surface area contributed by atoms with Crippen molar-refractivity contribution in [2.75, 3.05) is 0 Å². The quantitative estimate of drug-likeness (QED) is 0.554. The van der Waals surface area contributed by atoms with E-state index in [1.165, 1.54) is 25.7 Å². The maximum Gasteiger partial charge on any atom is 0.0260 e. The first-order valence-corrected chi connectivity index (χ1v) is 4.63. The van der Waals surface area contributed by atoms with Gasteiger partial charge in [0.05, 0.1) is 0 Å². The first-order valence-electron chi connectivity index (χ1n) is 4.63. The summed E-state index contributed by atoms with van der Waals surface area (Å²) in [7, 11) is 0. The zero-order valence-electron chi connectivity index (χ0n) is 7.79. The average molecular weight is 163 g/mol. The normalized spacial score (nSPS) is 24.4. The molecule has 0 unspecified atom stereocenters. The Morgan fingerprint density at radius 1 is 1.42 bits per heavy atom. The Morgan fingerprint density at radius 2 is 2.08 bits per heavy atom. The van der Waals surface area contributed by atoms with Crippen molar-refractivity contribution in [2.24, 2.45) is 10.9 Å². The van der Waals surface area contributed by atoms with Gasteiger partial charge >= 0.3 is 0 Å². The molecule has 0 radical (unpaired) electrons. The summed E-state index contributed by atoms with van der Waals surface area (Å²) in [5, 5.41) is 0. The van der Waals surface area contributed by atoms with Crippen LogP contribution in [0.15, 0.2) is 28.9 Å². The molecule has 1 aliphatic rings. The number of rotatable bonds is 2. The molecule has 0 aromatic carbocycles. The first kappa shape index (κ1) is 9.24. The molecule has 0 heterocycles. The van der Waals surface area contributed by atoms with E-state index in [4.69, 9.17) is 0 Å². The van der Waals surface area contributed by atoms with Gasteiger partial charge in [0.15, 0.2) is 0 Å². The van der Waals surface area contributed by atoms with Crippen molar-refractivity contribution in [1.29, 1.82) is 0 Å². The van der Waals surface area contributed by atoms with E-state index in [1.807, 2.05) is 6.08 Å². The van der Waals surface area contributed by atoms with Crippen LogP contribution in [0.4, 0.5) is 0 Å². The zero-order chi connectivity index (χ0) is 8.81. The van der Waals surface area contributed by atoms with Crippen LogP contribution in [0.25, 0.3) is 0 Å². The number of nitrogens with zero attached hydrogens (tertiary/aromatic N) is 1. The highest BCUT2D eigenvalue weighted by Gasteiger charge is 2.10. The summed E-state index contributed by atoms with van der Waals surface area (Å²) in [6, 6.07) is 0. The largest absolute Gasteiger partial charge is 0.273 e. The van der Waals surface area contributed by atoms with Crippen LogP contribution in [0.2, 0.25) is 0 Å². The second kappa shape index (κ2) is 4.91. The Labute approximate surface area is 74.9 Å². The van der Waals surface area contributed by atoms with E-state index in [-0.39, 0.29) is 0 Å². The summed E-state index contributed by atoms with van der Waals surface area (Å²) in [6.45, 7) is 5.72. The van der Waals surface area contributed by atoms with Crippen LogP contribution in [-0.4, -0.2) is 6.72 Å². The lowest BCUT2D eigenvalue weighted by Gasteiger charge is -2.19. The summed E-state index contributed by atoms with van der Waals surface area (Å²) in [5.41, 5.74) is 1.56. The van der Waals surface area contributed by atoms with Crippen molar-refractivity contribution >= 4 is 6.72 Å². The molecular weight excluding hydrogens is 146 g/mol. The number of aliphatic imine (C=N–C) groups is 1. The molecular formula is C11H17N. The molecule has 0 N–H and O–H groups in total. The predicted octanol–water partition coefficient (Wildman–Crippen LogP) is 3.34. The molecule has 0 aliphatic heterocycles. The van der Waals surface area contributed by atoms with Crippen molar-refractivity contribution in [3.63, 3.8) is 0 Å². The maximum absolute atomic E-state index is 3.66. The minimum absolute atomic E-state index is 0.920. The van der Waals surface area contributed by atoms with Crippen molar-refractivity contribution in [3.05, 3.63) is 23.9 Å². The van der Waals surface area contributed by atoms with Gasteiger partial charge in [-0.05, 0) is 44.4 Å². The number of hydrogen-bond acceptors (Lipinski definition) is 1. The highest BCUT2D eigenvalue weighted by atomic mass is 14.6. The van der Waals surface area contributed by atoms with Crippen LogP contribution in [0, 0.1) is 5.92 Å². The topological polar surface area (TPSA) is 12.4 Å².